The molecule has 26 heavy (non-hydrogen) atoms. The molecule has 1 atom stereocenters. The third-order valence-electron chi connectivity index (χ3n) is 4.03. The lowest BCUT2D eigenvalue weighted by atomic mass is 10.0. The van der Waals surface area contributed by atoms with E-state index in [1.54, 1.807) is 37.5 Å². The standard InChI is InChI=1S/C17H15BrN2O5S/c1-11-3-5-12(6-4-11)26(23,24)25-17-16-13(9-10-19(17)2)14(18)7-8-15(16)20(21)22/h3-10,17H,1-2H3. The molecule has 0 aliphatic carbocycles. The molecule has 1 aliphatic rings. The van der Waals surface area contributed by atoms with Crippen molar-refractivity contribution < 1.29 is 17.5 Å². The maximum Gasteiger partial charge on any atom is 0.299 e. The SMILES string of the molecule is Cc1ccc(S(=O)(=O)OC2c3c([N+](=O)[O-])ccc(Br)c3C=CN2C)cc1. The van der Waals surface area contributed by atoms with E-state index in [4.69, 9.17) is 4.18 Å². The number of hydrogen-bond donors (Lipinski definition) is 0. The van der Waals surface area contributed by atoms with Crippen LogP contribution in [0.2, 0.25) is 0 Å². The van der Waals surface area contributed by atoms with Gasteiger partial charge in [-0.2, -0.15) is 8.42 Å². The number of halogens is 1. The molecule has 1 aliphatic heterocycles. The first-order chi connectivity index (χ1) is 12.2. The van der Waals surface area contributed by atoms with E-state index >= 15 is 0 Å². The average Bonchev–Trinajstić information content (AvgIpc) is 2.57. The topological polar surface area (TPSA) is 89.8 Å². The summed E-state index contributed by atoms with van der Waals surface area (Å²) >= 11 is 3.35. The summed E-state index contributed by atoms with van der Waals surface area (Å²) in [4.78, 5) is 12.4. The third-order valence-corrected chi connectivity index (χ3v) is 6.00. The normalized spacial score (nSPS) is 16.4. The Morgan fingerprint density at radius 1 is 1.19 bits per heavy atom. The van der Waals surface area contributed by atoms with Crippen molar-refractivity contribution in [2.24, 2.45) is 0 Å². The van der Waals surface area contributed by atoms with Crippen molar-refractivity contribution >= 4 is 37.8 Å². The molecule has 0 radical (unpaired) electrons. The molecule has 0 amide bonds. The molecule has 3 rings (SSSR count). The minimum atomic E-state index is -4.12. The van der Waals surface area contributed by atoms with E-state index in [0.717, 1.165) is 5.56 Å². The Kier molecular flexibility index (Phi) is 4.87. The zero-order valence-corrected chi connectivity index (χ0v) is 16.3. The van der Waals surface area contributed by atoms with Crippen LogP contribution in [-0.2, 0) is 14.3 Å². The predicted molar refractivity (Wildman–Crippen MR) is 99.8 cm³/mol. The minimum Gasteiger partial charge on any atom is -0.351 e. The van der Waals surface area contributed by atoms with Crippen LogP contribution in [0.3, 0.4) is 0 Å². The number of nitrogens with zero attached hydrogens (tertiary/aromatic N) is 2. The summed E-state index contributed by atoms with van der Waals surface area (Å²) in [5.41, 5.74) is 1.40. The first-order valence-electron chi connectivity index (χ1n) is 7.57. The van der Waals surface area contributed by atoms with E-state index in [0.29, 0.717) is 10.0 Å². The van der Waals surface area contributed by atoms with Gasteiger partial charge >= 0.3 is 0 Å². The summed E-state index contributed by atoms with van der Waals surface area (Å²) in [7, 11) is -2.52. The molecule has 2 aromatic carbocycles. The average molecular weight is 439 g/mol. The van der Waals surface area contributed by atoms with Crippen LogP contribution < -0.4 is 0 Å². The van der Waals surface area contributed by atoms with Gasteiger partial charge in [-0.25, -0.2) is 4.18 Å². The van der Waals surface area contributed by atoms with Gasteiger partial charge in [0.2, 0.25) is 0 Å². The minimum absolute atomic E-state index is 0.00903. The van der Waals surface area contributed by atoms with Crippen LogP contribution >= 0.6 is 15.9 Å². The Balaban J connectivity index is 2.09. The Morgan fingerprint density at radius 3 is 2.46 bits per heavy atom. The lowest BCUT2D eigenvalue weighted by molar-refractivity contribution is -0.386. The number of fused-ring (bicyclic) bond motifs is 1. The summed E-state index contributed by atoms with van der Waals surface area (Å²) in [5.74, 6) is 0. The number of hydrogen-bond acceptors (Lipinski definition) is 6. The fourth-order valence-electron chi connectivity index (χ4n) is 2.66. The van der Waals surface area contributed by atoms with Crippen molar-refractivity contribution in [3.63, 3.8) is 0 Å². The van der Waals surface area contributed by atoms with Crippen LogP contribution in [0.4, 0.5) is 5.69 Å². The molecular weight excluding hydrogens is 424 g/mol. The van der Waals surface area contributed by atoms with Gasteiger partial charge in [0, 0.05) is 29.4 Å². The molecule has 0 spiro atoms. The van der Waals surface area contributed by atoms with Gasteiger partial charge in [-0.3, -0.25) is 10.1 Å². The Bertz CT molecular complexity index is 1000. The molecule has 1 heterocycles. The number of nitro groups is 1. The van der Waals surface area contributed by atoms with Crippen LogP contribution in [0.25, 0.3) is 6.08 Å². The van der Waals surface area contributed by atoms with Crippen molar-refractivity contribution in [1.29, 1.82) is 0 Å². The number of nitro benzene ring substituents is 1. The molecule has 0 bridgehead atoms. The van der Waals surface area contributed by atoms with Gasteiger partial charge in [-0.15, -0.1) is 0 Å². The summed E-state index contributed by atoms with van der Waals surface area (Å²) in [6.07, 6.45) is 2.14. The van der Waals surface area contributed by atoms with E-state index in [-0.39, 0.29) is 16.1 Å². The molecule has 2 aromatic rings. The first-order valence-corrected chi connectivity index (χ1v) is 9.78. The van der Waals surface area contributed by atoms with Crippen LogP contribution in [0.1, 0.15) is 22.9 Å². The molecule has 0 N–H and O–H groups in total. The Morgan fingerprint density at radius 2 is 1.85 bits per heavy atom. The molecule has 0 saturated carbocycles. The van der Waals surface area contributed by atoms with Gasteiger partial charge in [0.25, 0.3) is 15.8 Å². The quantitative estimate of drug-likeness (QED) is 0.407. The van der Waals surface area contributed by atoms with Crippen LogP contribution in [0.5, 0.6) is 0 Å². The Labute approximate surface area is 159 Å². The second-order valence-electron chi connectivity index (χ2n) is 5.85. The van der Waals surface area contributed by atoms with Crippen molar-refractivity contribution in [3.8, 4) is 0 Å². The van der Waals surface area contributed by atoms with Gasteiger partial charge in [0.05, 0.1) is 15.4 Å². The van der Waals surface area contributed by atoms with Gasteiger partial charge in [-0.1, -0.05) is 33.6 Å². The van der Waals surface area contributed by atoms with Crippen molar-refractivity contribution in [3.05, 3.63) is 73.9 Å². The van der Waals surface area contributed by atoms with Crippen LogP contribution in [0.15, 0.2) is 52.0 Å². The first kappa shape index (κ1) is 18.6. The maximum atomic E-state index is 12.7. The predicted octanol–water partition coefficient (Wildman–Crippen LogP) is 3.99. The molecule has 136 valence electrons. The highest BCUT2D eigenvalue weighted by Crippen LogP contribution is 2.41. The van der Waals surface area contributed by atoms with Crippen molar-refractivity contribution in [2.45, 2.75) is 18.0 Å². The van der Waals surface area contributed by atoms with E-state index < -0.39 is 21.3 Å². The summed E-state index contributed by atoms with van der Waals surface area (Å²) < 4.78 is 31.4. The zero-order valence-electron chi connectivity index (χ0n) is 13.9. The number of rotatable bonds is 4. The zero-order chi connectivity index (χ0) is 19.1. The van der Waals surface area contributed by atoms with E-state index in [9.17, 15) is 18.5 Å². The van der Waals surface area contributed by atoms with E-state index in [1.165, 1.54) is 23.1 Å². The molecule has 0 saturated heterocycles. The number of benzene rings is 2. The molecule has 9 heteroatoms. The van der Waals surface area contributed by atoms with Crippen molar-refractivity contribution in [1.82, 2.24) is 4.90 Å². The smallest absolute Gasteiger partial charge is 0.299 e. The highest BCUT2D eigenvalue weighted by Gasteiger charge is 2.35. The second-order valence-corrected chi connectivity index (χ2v) is 8.27. The summed E-state index contributed by atoms with van der Waals surface area (Å²) in [6, 6.07) is 9.09. The molecule has 0 aromatic heterocycles. The second kappa shape index (κ2) is 6.82. The lowest BCUT2D eigenvalue weighted by Crippen LogP contribution is -2.28. The maximum absolute atomic E-state index is 12.7. The molecule has 0 fully saturated rings. The molecule has 7 nitrogen and oxygen atoms in total. The lowest BCUT2D eigenvalue weighted by Gasteiger charge is -2.30. The Hall–Kier alpha value is -2.23. The molecule has 1 unspecified atom stereocenters. The summed E-state index contributed by atoms with van der Waals surface area (Å²) in [5, 5.41) is 11.5. The molecular formula is C17H15BrN2O5S. The van der Waals surface area contributed by atoms with E-state index in [1.807, 2.05) is 6.92 Å². The third kappa shape index (κ3) is 3.37. The fourth-order valence-corrected chi connectivity index (χ4v) is 4.19. The summed E-state index contributed by atoms with van der Waals surface area (Å²) in [6.45, 7) is 1.84. The van der Waals surface area contributed by atoms with E-state index in [2.05, 4.69) is 15.9 Å². The van der Waals surface area contributed by atoms with Gasteiger partial charge in [0.15, 0.2) is 6.23 Å². The highest BCUT2D eigenvalue weighted by atomic mass is 79.9. The van der Waals surface area contributed by atoms with Gasteiger partial charge < -0.3 is 4.90 Å². The van der Waals surface area contributed by atoms with Gasteiger partial charge in [-0.05, 0) is 31.2 Å². The largest absolute Gasteiger partial charge is 0.351 e. The number of aryl methyl sites for hydroxylation is 1. The fraction of sp³-hybridized carbons (Fsp3) is 0.176. The monoisotopic (exact) mass is 438 g/mol. The van der Waals surface area contributed by atoms with Crippen molar-refractivity contribution in [2.75, 3.05) is 7.05 Å². The van der Waals surface area contributed by atoms with Crippen LogP contribution in [-0.4, -0.2) is 25.3 Å². The van der Waals surface area contributed by atoms with Gasteiger partial charge in [0.1, 0.15) is 0 Å². The highest BCUT2D eigenvalue weighted by molar-refractivity contribution is 9.10. The van der Waals surface area contributed by atoms with Crippen LogP contribution in [0, 0.1) is 17.0 Å².